The Morgan fingerprint density at radius 3 is 2.65 bits per heavy atom. The van der Waals surface area contributed by atoms with Gasteiger partial charge in [-0.05, 0) is 36.4 Å². The topological polar surface area (TPSA) is 68.3 Å². The Kier molecular flexibility index (Phi) is 3.22. The zero-order valence-electron chi connectivity index (χ0n) is 13.9. The lowest BCUT2D eigenvalue weighted by atomic mass is 10.00. The Bertz CT molecular complexity index is 1090. The lowest BCUT2D eigenvalue weighted by Gasteiger charge is -2.14. The SMILES string of the molecule is O=C(Nc1cccc2ccccc12)C1(c2cc(-c3ccco3)on2)CC1. The first-order chi connectivity index (χ1) is 12.8. The van der Waals surface area contributed by atoms with Gasteiger partial charge in [0.15, 0.2) is 5.76 Å². The summed E-state index contributed by atoms with van der Waals surface area (Å²) in [5.41, 5.74) is 0.849. The van der Waals surface area contributed by atoms with Gasteiger partial charge >= 0.3 is 0 Å². The summed E-state index contributed by atoms with van der Waals surface area (Å²) >= 11 is 0. The van der Waals surface area contributed by atoms with Crippen LogP contribution in [0.15, 0.2) is 75.9 Å². The van der Waals surface area contributed by atoms with Crippen LogP contribution in [0.3, 0.4) is 0 Å². The van der Waals surface area contributed by atoms with Crippen molar-refractivity contribution in [2.45, 2.75) is 18.3 Å². The van der Waals surface area contributed by atoms with Gasteiger partial charge in [-0.1, -0.05) is 41.6 Å². The molecule has 2 heterocycles. The first-order valence-electron chi connectivity index (χ1n) is 8.57. The number of nitrogens with one attached hydrogen (secondary N) is 1. The van der Waals surface area contributed by atoms with E-state index in [4.69, 9.17) is 8.94 Å². The lowest BCUT2D eigenvalue weighted by molar-refractivity contribution is -0.118. The molecule has 1 saturated carbocycles. The Morgan fingerprint density at radius 2 is 1.85 bits per heavy atom. The maximum absolute atomic E-state index is 13.0. The minimum absolute atomic E-state index is 0.0480. The number of hydrogen-bond acceptors (Lipinski definition) is 4. The van der Waals surface area contributed by atoms with Crippen molar-refractivity contribution >= 4 is 22.4 Å². The number of amides is 1. The Morgan fingerprint density at radius 1 is 1.00 bits per heavy atom. The van der Waals surface area contributed by atoms with Crippen molar-refractivity contribution < 1.29 is 13.7 Å². The number of hydrogen-bond donors (Lipinski definition) is 1. The van der Waals surface area contributed by atoms with Crippen LogP contribution < -0.4 is 5.32 Å². The van der Waals surface area contributed by atoms with E-state index in [0.29, 0.717) is 17.2 Å². The summed E-state index contributed by atoms with van der Waals surface area (Å²) in [5.74, 6) is 1.09. The fourth-order valence-corrected chi connectivity index (χ4v) is 3.34. The van der Waals surface area contributed by atoms with E-state index in [-0.39, 0.29) is 5.91 Å². The first-order valence-corrected chi connectivity index (χ1v) is 8.57. The largest absolute Gasteiger partial charge is 0.461 e. The molecule has 2 aromatic heterocycles. The van der Waals surface area contributed by atoms with Crippen molar-refractivity contribution in [3.63, 3.8) is 0 Å². The number of carbonyl (C=O) groups excluding carboxylic acids is 1. The highest BCUT2D eigenvalue weighted by Crippen LogP contribution is 2.49. The molecule has 2 aromatic carbocycles. The molecule has 0 aliphatic heterocycles. The molecule has 0 saturated heterocycles. The second-order valence-corrected chi connectivity index (χ2v) is 6.62. The average Bonchev–Trinajstić information content (AvgIpc) is 3.09. The quantitative estimate of drug-likeness (QED) is 0.580. The lowest BCUT2D eigenvalue weighted by Crippen LogP contribution is -2.28. The van der Waals surface area contributed by atoms with Crippen molar-refractivity contribution in [3.05, 3.63) is 72.6 Å². The smallest absolute Gasteiger partial charge is 0.236 e. The van der Waals surface area contributed by atoms with Gasteiger partial charge in [0.2, 0.25) is 11.7 Å². The highest BCUT2D eigenvalue weighted by atomic mass is 16.5. The zero-order chi connectivity index (χ0) is 17.6. The second kappa shape index (κ2) is 5.59. The third kappa shape index (κ3) is 2.32. The van der Waals surface area contributed by atoms with Crippen LogP contribution >= 0.6 is 0 Å². The summed E-state index contributed by atoms with van der Waals surface area (Å²) in [4.78, 5) is 13.0. The summed E-state index contributed by atoms with van der Waals surface area (Å²) < 4.78 is 10.7. The summed E-state index contributed by atoms with van der Waals surface area (Å²) in [6.07, 6.45) is 3.10. The highest BCUT2D eigenvalue weighted by Gasteiger charge is 2.54. The predicted octanol–water partition coefficient (Wildman–Crippen LogP) is 4.76. The Balaban J connectivity index is 1.45. The number of nitrogens with zero attached hydrogens (tertiary/aromatic N) is 1. The maximum Gasteiger partial charge on any atom is 0.236 e. The summed E-state index contributed by atoms with van der Waals surface area (Å²) in [6.45, 7) is 0. The van der Waals surface area contributed by atoms with Gasteiger partial charge in [0.1, 0.15) is 0 Å². The van der Waals surface area contributed by atoms with Crippen LogP contribution in [-0.2, 0) is 10.2 Å². The van der Waals surface area contributed by atoms with Gasteiger partial charge in [-0.3, -0.25) is 4.79 Å². The number of rotatable bonds is 4. The second-order valence-electron chi connectivity index (χ2n) is 6.62. The van der Waals surface area contributed by atoms with Crippen LogP contribution in [0.4, 0.5) is 5.69 Å². The van der Waals surface area contributed by atoms with Crippen LogP contribution in [0.1, 0.15) is 18.5 Å². The highest BCUT2D eigenvalue weighted by molar-refractivity contribution is 6.07. The van der Waals surface area contributed by atoms with E-state index in [1.807, 2.05) is 42.5 Å². The molecule has 0 unspecified atom stereocenters. The van der Waals surface area contributed by atoms with Gasteiger partial charge < -0.3 is 14.3 Å². The molecule has 0 bridgehead atoms. The standard InChI is InChI=1S/C21H16N2O3/c24-20(22-16-8-3-6-14-5-1-2-7-15(14)16)21(10-11-21)19-13-18(26-23-19)17-9-4-12-25-17/h1-9,12-13H,10-11H2,(H,22,24). The number of carbonyl (C=O) groups is 1. The summed E-state index contributed by atoms with van der Waals surface area (Å²) in [6, 6.07) is 19.3. The predicted molar refractivity (Wildman–Crippen MR) is 97.7 cm³/mol. The third-order valence-corrected chi connectivity index (χ3v) is 4.99. The molecular formula is C21H16N2O3. The van der Waals surface area contributed by atoms with Gasteiger partial charge in [0.05, 0.1) is 17.4 Å². The van der Waals surface area contributed by atoms with Gasteiger partial charge in [-0.2, -0.15) is 0 Å². The molecule has 0 spiro atoms. The first kappa shape index (κ1) is 15.0. The molecule has 1 N–H and O–H groups in total. The van der Waals surface area contributed by atoms with Gasteiger partial charge in [0.25, 0.3) is 0 Å². The van der Waals surface area contributed by atoms with E-state index in [9.17, 15) is 4.79 Å². The molecule has 5 nitrogen and oxygen atoms in total. The maximum atomic E-state index is 13.0. The summed E-state index contributed by atoms with van der Waals surface area (Å²) in [5, 5.41) is 9.34. The molecule has 26 heavy (non-hydrogen) atoms. The van der Waals surface area contributed by atoms with Crippen molar-refractivity contribution in [1.82, 2.24) is 5.16 Å². The van der Waals surface area contributed by atoms with E-state index in [1.165, 1.54) is 0 Å². The van der Waals surface area contributed by atoms with Crippen LogP contribution in [0.2, 0.25) is 0 Å². The van der Waals surface area contributed by atoms with Gasteiger partial charge in [-0.15, -0.1) is 0 Å². The van der Waals surface area contributed by atoms with Gasteiger partial charge in [0, 0.05) is 17.1 Å². The number of fused-ring (bicyclic) bond motifs is 1. The Hall–Kier alpha value is -3.34. The molecule has 1 aliphatic rings. The molecule has 1 fully saturated rings. The van der Waals surface area contributed by atoms with E-state index >= 15 is 0 Å². The van der Waals surface area contributed by atoms with Crippen molar-refractivity contribution in [2.24, 2.45) is 0 Å². The van der Waals surface area contributed by atoms with Crippen molar-refractivity contribution in [3.8, 4) is 11.5 Å². The molecular weight excluding hydrogens is 328 g/mol. The van der Waals surface area contributed by atoms with Crippen LogP contribution in [-0.4, -0.2) is 11.1 Å². The zero-order valence-corrected chi connectivity index (χ0v) is 13.9. The minimum Gasteiger partial charge on any atom is -0.461 e. The van der Waals surface area contributed by atoms with E-state index in [0.717, 1.165) is 29.3 Å². The number of aromatic nitrogens is 1. The average molecular weight is 344 g/mol. The monoisotopic (exact) mass is 344 g/mol. The molecule has 5 heteroatoms. The normalized spacial score (nSPS) is 15.1. The number of anilines is 1. The number of benzene rings is 2. The summed E-state index contributed by atoms with van der Waals surface area (Å²) in [7, 11) is 0. The third-order valence-electron chi connectivity index (χ3n) is 4.99. The fourth-order valence-electron chi connectivity index (χ4n) is 3.34. The fraction of sp³-hybridized carbons (Fsp3) is 0.143. The molecule has 128 valence electrons. The van der Waals surface area contributed by atoms with Gasteiger partial charge in [-0.25, -0.2) is 0 Å². The molecule has 4 aromatic rings. The molecule has 0 atom stereocenters. The molecule has 1 aliphatic carbocycles. The molecule has 1 amide bonds. The Labute approximate surface area is 149 Å². The van der Waals surface area contributed by atoms with Crippen LogP contribution in [0, 0.1) is 0 Å². The minimum atomic E-state index is -0.620. The van der Waals surface area contributed by atoms with Crippen molar-refractivity contribution in [2.75, 3.05) is 5.32 Å². The van der Waals surface area contributed by atoms with E-state index in [2.05, 4.69) is 10.5 Å². The van der Waals surface area contributed by atoms with Crippen molar-refractivity contribution in [1.29, 1.82) is 0 Å². The van der Waals surface area contributed by atoms with Crippen LogP contribution in [0.5, 0.6) is 0 Å². The molecule has 5 rings (SSSR count). The molecule has 0 radical (unpaired) electrons. The van der Waals surface area contributed by atoms with Crippen LogP contribution in [0.25, 0.3) is 22.3 Å². The van der Waals surface area contributed by atoms with E-state index in [1.54, 1.807) is 24.5 Å². The van der Waals surface area contributed by atoms with E-state index < -0.39 is 5.41 Å². The number of furan rings is 1.